The second-order valence-electron chi connectivity index (χ2n) is 7.80. The van der Waals surface area contributed by atoms with Crippen molar-refractivity contribution in [1.82, 2.24) is 9.80 Å². The first-order valence-corrected chi connectivity index (χ1v) is 9.32. The highest BCUT2D eigenvalue weighted by Gasteiger charge is 2.37. The maximum absolute atomic E-state index is 12.2. The van der Waals surface area contributed by atoms with Gasteiger partial charge in [0.05, 0.1) is 12.1 Å². The normalized spacial score (nSPS) is 23.2. The Morgan fingerprint density at radius 1 is 0.846 bits per heavy atom. The number of carbonyl (C=O) groups excluding carboxylic acids is 2. The molecule has 26 heavy (non-hydrogen) atoms. The summed E-state index contributed by atoms with van der Waals surface area (Å²) in [7, 11) is 0. The molecule has 3 rings (SSSR count). The van der Waals surface area contributed by atoms with Crippen LogP contribution in [0.15, 0.2) is 24.3 Å². The molecule has 1 aromatic rings. The predicted octanol–water partition coefficient (Wildman–Crippen LogP) is 3.64. The van der Waals surface area contributed by atoms with Crippen LogP contribution < -0.4 is 0 Å². The van der Waals surface area contributed by atoms with E-state index in [4.69, 9.17) is 9.47 Å². The summed E-state index contributed by atoms with van der Waals surface area (Å²) in [4.78, 5) is 27.9. The van der Waals surface area contributed by atoms with Crippen molar-refractivity contribution in [2.45, 2.75) is 52.9 Å². The lowest BCUT2D eigenvalue weighted by atomic mass is 10.0. The van der Waals surface area contributed by atoms with E-state index in [1.54, 1.807) is 9.80 Å². The van der Waals surface area contributed by atoms with Gasteiger partial charge in [-0.2, -0.15) is 0 Å². The minimum absolute atomic E-state index is 0.0794. The smallest absolute Gasteiger partial charge is 0.410 e. The first-order chi connectivity index (χ1) is 12.4. The molecule has 2 aliphatic heterocycles. The Morgan fingerprint density at radius 2 is 1.23 bits per heavy atom. The monoisotopic (exact) mass is 360 g/mol. The molecule has 2 amide bonds. The first kappa shape index (κ1) is 18.5. The Labute approximate surface area is 155 Å². The molecule has 0 saturated carbocycles. The Balaban J connectivity index is 1.80. The number of hydrogen-bond acceptors (Lipinski definition) is 4. The standard InChI is InChI=1S/C20H28N2O4/c1-13(2)17-11-25-19(23)21(17)9-15-7-5-6-8-16(15)10-22-18(14(3)4)12-26-20(22)24/h5-8,13-14,17-18H,9-12H2,1-4H3. The molecule has 0 aliphatic carbocycles. The Hall–Kier alpha value is -2.24. The van der Waals surface area contributed by atoms with E-state index >= 15 is 0 Å². The number of cyclic esters (lactones) is 2. The van der Waals surface area contributed by atoms with E-state index in [-0.39, 0.29) is 24.3 Å². The molecule has 0 N–H and O–H groups in total. The first-order valence-electron chi connectivity index (χ1n) is 9.32. The van der Waals surface area contributed by atoms with E-state index in [0.717, 1.165) is 11.1 Å². The van der Waals surface area contributed by atoms with Gasteiger partial charge in [0, 0.05) is 13.1 Å². The van der Waals surface area contributed by atoms with E-state index in [9.17, 15) is 9.59 Å². The molecule has 0 bridgehead atoms. The van der Waals surface area contributed by atoms with Crippen LogP contribution in [0.3, 0.4) is 0 Å². The summed E-state index contributed by atoms with van der Waals surface area (Å²) in [5.74, 6) is 0.653. The zero-order valence-corrected chi connectivity index (χ0v) is 16.0. The van der Waals surface area contributed by atoms with Crippen molar-refractivity contribution in [3.63, 3.8) is 0 Å². The maximum atomic E-state index is 12.2. The van der Waals surface area contributed by atoms with Crippen LogP contribution in [0.2, 0.25) is 0 Å². The highest BCUT2D eigenvalue weighted by Crippen LogP contribution is 2.26. The largest absolute Gasteiger partial charge is 0.447 e. The third-order valence-corrected chi connectivity index (χ3v) is 5.36. The van der Waals surface area contributed by atoms with Gasteiger partial charge < -0.3 is 9.47 Å². The van der Waals surface area contributed by atoms with Crippen molar-refractivity contribution >= 4 is 12.2 Å². The quantitative estimate of drug-likeness (QED) is 0.777. The molecule has 2 aliphatic rings. The Kier molecular flexibility index (Phi) is 5.39. The minimum atomic E-state index is -0.265. The molecule has 2 atom stereocenters. The summed E-state index contributed by atoms with van der Waals surface area (Å²) in [6.45, 7) is 10.2. The van der Waals surface area contributed by atoms with Gasteiger partial charge in [-0.15, -0.1) is 0 Å². The minimum Gasteiger partial charge on any atom is -0.447 e. The van der Waals surface area contributed by atoms with Crippen LogP contribution in [-0.2, 0) is 22.6 Å². The molecule has 0 spiro atoms. The third kappa shape index (κ3) is 3.64. The predicted molar refractivity (Wildman–Crippen MR) is 97.5 cm³/mol. The van der Waals surface area contributed by atoms with E-state index in [2.05, 4.69) is 27.7 Å². The molecule has 2 heterocycles. The van der Waals surface area contributed by atoms with Crippen LogP contribution in [0.4, 0.5) is 9.59 Å². The Bertz CT molecular complexity index is 617. The maximum Gasteiger partial charge on any atom is 0.410 e. The second-order valence-corrected chi connectivity index (χ2v) is 7.80. The van der Waals surface area contributed by atoms with Crippen molar-refractivity contribution in [3.05, 3.63) is 35.4 Å². The number of ether oxygens (including phenoxy) is 2. The topological polar surface area (TPSA) is 59.1 Å². The van der Waals surface area contributed by atoms with Gasteiger partial charge in [-0.1, -0.05) is 52.0 Å². The van der Waals surface area contributed by atoms with Gasteiger partial charge in [0.15, 0.2) is 0 Å². The average Bonchev–Trinajstić information content (AvgIpc) is 3.13. The van der Waals surface area contributed by atoms with Crippen LogP contribution in [0, 0.1) is 11.8 Å². The summed E-state index contributed by atoms with van der Waals surface area (Å²) in [6, 6.07) is 8.12. The molecule has 2 unspecified atom stereocenters. The van der Waals surface area contributed by atoms with Gasteiger partial charge in [-0.25, -0.2) is 9.59 Å². The van der Waals surface area contributed by atoms with Crippen molar-refractivity contribution < 1.29 is 19.1 Å². The third-order valence-electron chi connectivity index (χ3n) is 5.36. The lowest BCUT2D eigenvalue weighted by Gasteiger charge is -2.28. The molecular weight excluding hydrogens is 332 g/mol. The van der Waals surface area contributed by atoms with Crippen molar-refractivity contribution in [2.24, 2.45) is 11.8 Å². The second kappa shape index (κ2) is 7.56. The van der Waals surface area contributed by atoms with Gasteiger partial charge >= 0.3 is 12.2 Å². The summed E-state index contributed by atoms with van der Waals surface area (Å²) in [6.07, 6.45) is -0.529. The van der Waals surface area contributed by atoms with Crippen LogP contribution >= 0.6 is 0 Å². The number of benzene rings is 1. The zero-order valence-electron chi connectivity index (χ0n) is 16.0. The fourth-order valence-electron chi connectivity index (χ4n) is 3.63. The molecule has 2 fully saturated rings. The summed E-state index contributed by atoms with van der Waals surface area (Å²) < 4.78 is 10.5. The molecule has 6 heteroatoms. The summed E-state index contributed by atoms with van der Waals surface area (Å²) in [5.41, 5.74) is 2.08. The zero-order chi connectivity index (χ0) is 18.8. The van der Waals surface area contributed by atoms with Gasteiger partial charge in [0.25, 0.3) is 0 Å². The fourth-order valence-corrected chi connectivity index (χ4v) is 3.63. The number of carbonyl (C=O) groups is 2. The molecule has 2 saturated heterocycles. The number of nitrogens with zero attached hydrogens (tertiary/aromatic N) is 2. The van der Waals surface area contributed by atoms with Crippen LogP contribution in [-0.4, -0.2) is 47.3 Å². The van der Waals surface area contributed by atoms with E-state index in [1.165, 1.54) is 0 Å². The van der Waals surface area contributed by atoms with Gasteiger partial charge in [0.1, 0.15) is 13.2 Å². The number of amides is 2. The van der Waals surface area contributed by atoms with Crippen molar-refractivity contribution in [1.29, 1.82) is 0 Å². The summed E-state index contributed by atoms with van der Waals surface area (Å²) >= 11 is 0. The van der Waals surface area contributed by atoms with Gasteiger partial charge in [0.2, 0.25) is 0 Å². The highest BCUT2D eigenvalue weighted by molar-refractivity contribution is 5.71. The van der Waals surface area contributed by atoms with Crippen molar-refractivity contribution in [3.8, 4) is 0 Å². The van der Waals surface area contributed by atoms with E-state index in [0.29, 0.717) is 38.1 Å². The van der Waals surface area contributed by atoms with Gasteiger partial charge in [-0.05, 0) is 23.0 Å². The highest BCUT2D eigenvalue weighted by atomic mass is 16.6. The van der Waals surface area contributed by atoms with E-state index in [1.807, 2.05) is 24.3 Å². The fraction of sp³-hybridized carbons (Fsp3) is 0.600. The molecule has 142 valence electrons. The van der Waals surface area contributed by atoms with Crippen LogP contribution in [0.1, 0.15) is 38.8 Å². The molecule has 6 nitrogen and oxygen atoms in total. The molecule has 1 aromatic carbocycles. The Morgan fingerprint density at radius 3 is 1.58 bits per heavy atom. The van der Waals surface area contributed by atoms with Crippen LogP contribution in [0.5, 0.6) is 0 Å². The molecular formula is C20H28N2O4. The van der Waals surface area contributed by atoms with Gasteiger partial charge in [-0.3, -0.25) is 9.80 Å². The SMILES string of the molecule is CC(C)C1COC(=O)N1Cc1ccccc1CN1C(=O)OCC1C(C)C. The van der Waals surface area contributed by atoms with E-state index < -0.39 is 0 Å². The van der Waals surface area contributed by atoms with Crippen molar-refractivity contribution in [2.75, 3.05) is 13.2 Å². The van der Waals surface area contributed by atoms with Crippen LogP contribution in [0.25, 0.3) is 0 Å². The molecule has 0 radical (unpaired) electrons. The number of rotatable bonds is 6. The number of hydrogen-bond donors (Lipinski definition) is 0. The summed E-state index contributed by atoms with van der Waals surface area (Å²) in [5, 5.41) is 0. The lowest BCUT2D eigenvalue weighted by molar-refractivity contribution is 0.151. The molecule has 0 aromatic heterocycles. The lowest BCUT2D eigenvalue weighted by Crippen LogP contribution is -2.38. The average molecular weight is 360 g/mol.